The molecule has 0 amide bonds. The van der Waals surface area contributed by atoms with Crippen LogP contribution in [0.15, 0.2) is 35.9 Å². The Kier molecular flexibility index (Phi) is 5.51. The lowest BCUT2D eigenvalue weighted by Crippen LogP contribution is -2.19. The molecule has 0 aliphatic heterocycles. The van der Waals surface area contributed by atoms with Crippen LogP contribution >= 0.6 is 0 Å². The van der Waals surface area contributed by atoms with Gasteiger partial charge in [-0.1, -0.05) is 44.6 Å². The standard InChI is InChI=1S/C19H26N2/c1-5-10-20-13-18(14(2)3)12-16-7-9-19-17(11-16)8-6-15(4)21-19/h6-9,11-12,14,20H,5,10,13H2,1-4H3/b18-12-. The smallest absolute Gasteiger partial charge is 0.0705 e. The van der Waals surface area contributed by atoms with Gasteiger partial charge in [0.1, 0.15) is 0 Å². The molecule has 2 rings (SSSR count). The summed E-state index contributed by atoms with van der Waals surface area (Å²) in [4.78, 5) is 4.56. The summed E-state index contributed by atoms with van der Waals surface area (Å²) >= 11 is 0. The molecule has 2 aromatic rings. The molecule has 0 unspecified atom stereocenters. The quantitative estimate of drug-likeness (QED) is 0.784. The second-order valence-corrected chi connectivity index (χ2v) is 5.96. The van der Waals surface area contributed by atoms with Gasteiger partial charge in [-0.25, -0.2) is 0 Å². The number of hydrogen-bond donors (Lipinski definition) is 1. The zero-order valence-corrected chi connectivity index (χ0v) is 13.6. The van der Waals surface area contributed by atoms with Crippen molar-refractivity contribution >= 4 is 17.0 Å². The summed E-state index contributed by atoms with van der Waals surface area (Å²) in [6.07, 6.45) is 3.49. The minimum absolute atomic E-state index is 0.557. The highest BCUT2D eigenvalue weighted by Gasteiger charge is 2.04. The third-order valence-corrected chi connectivity index (χ3v) is 3.70. The van der Waals surface area contributed by atoms with Gasteiger partial charge in [0.2, 0.25) is 0 Å². The lowest BCUT2D eigenvalue weighted by molar-refractivity contribution is 0.657. The van der Waals surface area contributed by atoms with Gasteiger partial charge in [-0.15, -0.1) is 0 Å². The number of benzene rings is 1. The van der Waals surface area contributed by atoms with Gasteiger partial charge in [-0.05, 0) is 49.6 Å². The molecule has 0 bridgehead atoms. The van der Waals surface area contributed by atoms with E-state index in [-0.39, 0.29) is 0 Å². The molecule has 0 saturated heterocycles. The fourth-order valence-corrected chi connectivity index (χ4v) is 2.38. The lowest BCUT2D eigenvalue weighted by atomic mass is 9.99. The van der Waals surface area contributed by atoms with Crippen LogP contribution in [0.4, 0.5) is 0 Å². The van der Waals surface area contributed by atoms with Gasteiger partial charge in [0.05, 0.1) is 5.52 Å². The summed E-state index contributed by atoms with van der Waals surface area (Å²) in [5, 5.41) is 4.71. The minimum atomic E-state index is 0.557. The molecule has 0 spiro atoms. The van der Waals surface area contributed by atoms with Gasteiger partial charge >= 0.3 is 0 Å². The number of hydrogen-bond acceptors (Lipinski definition) is 2. The number of nitrogens with one attached hydrogen (secondary N) is 1. The number of rotatable bonds is 6. The van der Waals surface area contributed by atoms with Crippen LogP contribution < -0.4 is 5.32 Å². The number of aryl methyl sites for hydroxylation is 1. The Balaban J connectivity index is 2.26. The van der Waals surface area contributed by atoms with Crippen molar-refractivity contribution in [3.8, 4) is 0 Å². The van der Waals surface area contributed by atoms with Gasteiger partial charge in [0, 0.05) is 17.6 Å². The molecule has 1 heterocycles. The van der Waals surface area contributed by atoms with E-state index in [9.17, 15) is 0 Å². The van der Waals surface area contributed by atoms with Gasteiger partial charge in [-0.2, -0.15) is 0 Å². The van der Waals surface area contributed by atoms with Crippen molar-refractivity contribution in [3.63, 3.8) is 0 Å². The van der Waals surface area contributed by atoms with Crippen LogP contribution in [0.1, 0.15) is 38.4 Å². The number of fused-ring (bicyclic) bond motifs is 1. The number of nitrogens with zero attached hydrogens (tertiary/aromatic N) is 1. The summed E-state index contributed by atoms with van der Waals surface area (Å²) in [6.45, 7) is 10.8. The van der Waals surface area contributed by atoms with E-state index < -0.39 is 0 Å². The van der Waals surface area contributed by atoms with Crippen molar-refractivity contribution in [2.75, 3.05) is 13.1 Å². The summed E-state index contributed by atoms with van der Waals surface area (Å²) in [7, 11) is 0. The first-order valence-electron chi connectivity index (χ1n) is 7.88. The van der Waals surface area contributed by atoms with Crippen LogP contribution in [0.2, 0.25) is 0 Å². The summed E-state index contributed by atoms with van der Waals surface area (Å²) in [6, 6.07) is 10.7. The fraction of sp³-hybridized carbons (Fsp3) is 0.421. The van der Waals surface area contributed by atoms with E-state index in [1.54, 1.807) is 0 Å². The van der Waals surface area contributed by atoms with E-state index in [1.807, 2.05) is 6.92 Å². The van der Waals surface area contributed by atoms with Gasteiger partial charge in [0.25, 0.3) is 0 Å². The van der Waals surface area contributed by atoms with Crippen LogP contribution in [0.3, 0.4) is 0 Å². The highest BCUT2D eigenvalue weighted by Crippen LogP contribution is 2.19. The maximum atomic E-state index is 4.56. The second-order valence-electron chi connectivity index (χ2n) is 5.96. The molecule has 21 heavy (non-hydrogen) atoms. The Morgan fingerprint density at radius 1 is 1.24 bits per heavy atom. The Morgan fingerprint density at radius 2 is 2.05 bits per heavy atom. The average molecular weight is 282 g/mol. The van der Waals surface area contributed by atoms with E-state index in [1.165, 1.54) is 22.9 Å². The minimum Gasteiger partial charge on any atom is -0.313 e. The van der Waals surface area contributed by atoms with Crippen molar-refractivity contribution in [2.24, 2.45) is 5.92 Å². The van der Waals surface area contributed by atoms with E-state index >= 15 is 0 Å². The van der Waals surface area contributed by atoms with Crippen molar-refractivity contribution in [3.05, 3.63) is 47.2 Å². The Hall–Kier alpha value is -1.67. The molecule has 0 atom stereocenters. The van der Waals surface area contributed by atoms with Gasteiger partial charge in [-0.3, -0.25) is 4.98 Å². The molecular weight excluding hydrogens is 256 g/mol. The van der Waals surface area contributed by atoms with E-state index in [0.717, 1.165) is 24.3 Å². The van der Waals surface area contributed by atoms with E-state index in [2.05, 4.69) is 67.5 Å². The van der Waals surface area contributed by atoms with Crippen molar-refractivity contribution in [1.29, 1.82) is 0 Å². The molecule has 1 aromatic heterocycles. The molecule has 112 valence electrons. The van der Waals surface area contributed by atoms with Crippen molar-refractivity contribution in [2.45, 2.75) is 34.1 Å². The first-order valence-corrected chi connectivity index (χ1v) is 7.88. The first kappa shape index (κ1) is 15.7. The molecule has 2 nitrogen and oxygen atoms in total. The molecule has 0 saturated carbocycles. The third-order valence-electron chi connectivity index (χ3n) is 3.70. The molecule has 0 radical (unpaired) electrons. The molecule has 0 aliphatic rings. The highest BCUT2D eigenvalue weighted by atomic mass is 14.8. The van der Waals surface area contributed by atoms with Gasteiger partial charge in [0.15, 0.2) is 0 Å². The first-order chi connectivity index (χ1) is 10.1. The fourth-order valence-electron chi connectivity index (χ4n) is 2.38. The Labute approximate surface area is 128 Å². The highest BCUT2D eigenvalue weighted by molar-refractivity contribution is 5.81. The molecule has 1 aromatic carbocycles. The molecule has 2 heteroatoms. The number of aromatic nitrogens is 1. The Bertz CT molecular complexity index is 626. The monoisotopic (exact) mass is 282 g/mol. The predicted molar refractivity (Wildman–Crippen MR) is 92.5 cm³/mol. The van der Waals surface area contributed by atoms with Crippen LogP contribution in [0, 0.1) is 12.8 Å². The summed E-state index contributed by atoms with van der Waals surface area (Å²) in [5.74, 6) is 0.557. The van der Waals surface area contributed by atoms with Crippen LogP contribution in [-0.2, 0) is 0 Å². The average Bonchev–Trinajstić information content (AvgIpc) is 2.46. The summed E-state index contributed by atoms with van der Waals surface area (Å²) < 4.78 is 0. The Morgan fingerprint density at radius 3 is 2.76 bits per heavy atom. The molecule has 0 aliphatic carbocycles. The van der Waals surface area contributed by atoms with Crippen molar-refractivity contribution in [1.82, 2.24) is 10.3 Å². The summed E-state index contributed by atoms with van der Waals surface area (Å²) in [5.41, 5.74) is 4.85. The second kappa shape index (κ2) is 7.37. The largest absolute Gasteiger partial charge is 0.313 e. The maximum absolute atomic E-state index is 4.56. The molecule has 1 N–H and O–H groups in total. The zero-order valence-electron chi connectivity index (χ0n) is 13.6. The SMILES string of the molecule is CCCNC/C(=C/c1ccc2nc(C)ccc2c1)C(C)C. The lowest BCUT2D eigenvalue weighted by Gasteiger charge is -2.13. The zero-order chi connectivity index (χ0) is 15.2. The predicted octanol–water partition coefficient (Wildman–Crippen LogP) is 4.58. The van der Waals surface area contributed by atoms with Crippen LogP contribution in [0.25, 0.3) is 17.0 Å². The number of pyridine rings is 1. The molecule has 0 fully saturated rings. The maximum Gasteiger partial charge on any atom is 0.0705 e. The van der Waals surface area contributed by atoms with Crippen molar-refractivity contribution < 1.29 is 0 Å². The van der Waals surface area contributed by atoms with E-state index in [4.69, 9.17) is 0 Å². The topological polar surface area (TPSA) is 24.9 Å². The van der Waals surface area contributed by atoms with Crippen LogP contribution in [-0.4, -0.2) is 18.1 Å². The third kappa shape index (κ3) is 4.40. The van der Waals surface area contributed by atoms with Crippen LogP contribution in [0.5, 0.6) is 0 Å². The van der Waals surface area contributed by atoms with E-state index in [0.29, 0.717) is 5.92 Å². The van der Waals surface area contributed by atoms with Gasteiger partial charge < -0.3 is 5.32 Å². The normalized spacial score (nSPS) is 12.3. The molecular formula is C19H26N2.